The molecule has 5 heteroatoms. The van der Waals surface area contributed by atoms with Gasteiger partial charge < -0.3 is 13.9 Å². The van der Waals surface area contributed by atoms with Crippen LogP contribution >= 0.6 is 0 Å². The smallest absolute Gasteiger partial charge is 0.242 e. The van der Waals surface area contributed by atoms with E-state index in [0.29, 0.717) is 18.4 Å². The Hall–Kier alpha value is -0.940. The molecule has 1 rings (SSSR count). The minimum atomic E-state index is -0.219. The van der Waals surface area contributed by atoms with E-state index in [1.807, 2.05) is 55.4 Å². The first-order valence-electron chi connectivity index (χ1n) is 7.12. The molecule has 0 aliphatic carbocycles. The van der Waals surface area contributed by atoms with Crippen molar-refractivity contribution < 1.29 is 13.9 Å². The van der Waals surface area contributed by atoms with Gasteiger partial charge >= 0.3 is 0 Å². The second-order valence-electron chi connectivity index (χ2n) is 7.16. The van der Waals surface area contributed by atoms with Crippen molar-refractivity contribution in [2.24, 2.45) is 0 Å². The number of hydrogen-bond donors (Lipinski definition) is 0. The van der Waals surface area contributed by atoms with Crippen molar-refractivity contribution in [2.45, 2.75) is 85.2 Å². The summed E-state index contributed by atoms with van der Waals surface area (Å²) in [5, 5.41) is 8.11. The van der Waals surface area contributed by atoms with E-state index in [1.165, 1.54) is 0 Å². The molecule has 1 unspecified atom stereocenters. The highest BCUT2D eigenvalue weighted by Crippen LogP contribution is 2.24. The summed E-state index contributed by atoms with van der Waals surface area (Å²) in [5.74, 6) is 1.14. The molecule has 0 fully saturated rings. The van der Waals surface area contributed by atoms with Gasteiger partial charge in [0.05, 0.1) is 23.2 Å². The van der Waals surface area contributed by atoms with E-state index in [2.05, 4.69) is 10.2 Å². The van der Waals surface area contributed by atoms with E-state index in [0.717, 1.165) is 0 Å². The van der Waals surface area contributed by atoms with Gasteiger partial charge in [-0.15, -0.1) is 10.2 Å². The van der Waals surface area contributed by atoms with Crippen molar-refractivity contribution in [2.75, 3.05) is 0 Å². The van der Waals surface area contributed by atoms with Crippen LogP contribution in [0.1, 0.15) is 73.1 Å². The lowest BCUT2D eigenvalue weighted by atomic mass is 10.1. The monoisotopic (exact) mass is 284 g/mol. The third-order valence-corrected chi connectivity index (χ3v) is 2.74. The van der Waals surface area contributed by atoms with Gasteiger partial charge in [0.25, 0.3) is 0 Å². The van der Waals surface area contributed by atoms with Gasteiger partial charge in [-0.3, -0.25) is 0 Å². The van der Waals surface area contributed by atoms with Crippen molar-refractivity contribution in [3.63, 3.8) is 0 Å². The molecule has 0 radical (unpaired) electrons. The third-order valence-electron chi connectivity index (χ3n) is 2.74. The maximum Gasteiger partial charge on any atom is 0.242 e. The van der Waals surface area contributed by atoms with Crippen molar-refractivity contribution in [1.82, 2.24) is 10.2 Å². The number of ether oxygens (including phenoxy) is 2. The first-order chi connectivity index (χ1) is 8.98. The van der Waals surface area contributed by atoms with Gasteiger partial charge in [0.15, 0.2) is 0 Å². The quantitative estimate of drug-likeness (QED) is 0.825. The molecule has 0 saturated heterocycles. The molecule has 1 aromatic rings. The summed E-state index contributed by atoms with van der Waals surface area (Å²) in [6.07, 6.45) is 0.00633. The van der Waals surface area contributed by atoms with Gasteiger partial charge in [-0.2, -0.15) is 0 Å². The molecule has 0 spiro atoms. The molecule has 0 saturated carbocycles. The standard InChI is InChI=1S/C15H28N2O3/c1-10(11(2)20-15(6,7)8)13-17-16-12(19-13)9-18-14(3,4)5/h10-11H,9H2,1-8H3/t10-,11?/m0/s1. The average Bonchev–Trinajstić information content (AvgIpc) is 2.70. The van der Waals surface area contributed by atoms with Gasteiger partial charge in [0.2, 0.25) is 11.8 Å². The summed E-state index contributed by atoms with van der Waals surface area (Å²) in [4.78, 5) is 0. The van der Waals surface area contributed by atoms with Crippen LogP contribution < -0.4 is 0 Å². The van der Waals surface area contributed by atoms with Gasteiger partial charge in [-0.05, 0) is 48.5 Å². The maximum atomic E-state index is 5.92. The van der Waals surface area contributed by atoms with Gasteiger partial charge in [-0.25, -0.2) is 0 Å². The Bertz CT molecular complexity index is 415. The maximum absolute atomic E-state index is 5.92. The first kappa shape index (κ1) is 17.1. The molecule has 1 heterocycles. The highest BCUT2D eigenvalue weighted by atomic mass is 16.5. The molecule has 0 aliphatic heterocycles. The molecular weight excluding hydrogens is 256 g/mol. The lowest BCUT2D eigenvalue weighted by Crippen LogP contribution is -2.29. The van der Waals surface area contributed by atoms with Crippen molar-refractivity contribution in [3.05, 3.63) is 11.8 Å². The van der Waals surface area contributed by atoms with Gasteiger partial charge in [-0.1, -0.05) is 6.92 Å². The van der Waals surface area contributed by atoms with Crippen LogP contribution in [0.4, 0.5) is 0 Å². The summed E-state index contributed by atoms with van der Waals surface area (Å²) in [6.45, 7) is 16.5. The van der Waals surface area contributed by atoms with Crippen LogP contribution in [0.5, 0.6) is 0 Å². The average molecular weight is 284 g/mol. The Morgan fingerprint density at radius 1 is 1.00 bits per heavy atom. The topological polar surface area (TPSA) is 57.4 Å². The molecule has 0 bridgehead atoms. The van der Waals surface area contributed by atoms with E-state index in [-0.39, 0.29) is 23.2 Å². The molecule has 2 atom stereocenters. The Kier molecular flexibility index (Phi) is 5.33. The van der Waals surface area contributed by atoms with E-state index in [9.17, 15) is 0 Å². The molecule has 116 valence electrons. The van der Waals surface area contributed by atoms with E-state index >= 15 is 0 Å². The number of aromatic nitrogens is 2. The molecule has 5 nitrogen and oxygen atoms in total. The lowest BCUT2D eigenvalue weighted by Gasteiger charge is -2.27. The van der Waals surface area contributed by atoms with E-state index in [4.69, 9.17) is 13.9 Å². The highest BCUT2D eigenvalue weighted by Gasteiger charge is 2.25. The van der Waals surface area contributed by atoms with E-state index < -0.39 is 0 Å². The highest BCUT2D eigenvalue weighted by molar-refractivity contribution is 4.92. The van der Waals surface area contributed by atoms with Crippen LogP contribution in [0.25, 0.3) is 0 Å². The summed E-state index contributed by atoms with van der Waals surface area (Å²) in [7, 11) is 0. The Morgan fingerprint density at radius 3 is 2.10 bits per heavy atom. The molecule has 0 aliphatic rings. The molecule has 1 aromatic heterocycles. The second kappa shape index (κ2) is 6.22. The van der Waals surface area contributed by atoms with Crippen LogP contribution in [0.2, 0.25) is 0 Å². The molecule has 0 aromatic carbocycles. The fraction of sp³-hybridized carbons (Fsp3) is 0.867. The zero-order chi connectivity index (χ0) is 15.6. The Morgan fingerprint density at radius 2 is 1.60 bits per heavy atom. The SMILES string of the molecule is CC(OC(C)(C)C)[C@H](C)c1nnc(COC(C)(C)C)o1. The van der Waals surface area contributed by atoms with E-state index in [1.54, 1.807) is 0 Å². The van der Waals surface area contributed by atoms with Crippen molar-refractivity contribution in [1.29, 1.82) is 0 Å². The molecule has 20 heavy (non-hydrogen) atoms. The van der Waals surface area contributed by atoms with Gasteiger partial charge in [0.1, 0.15) is 6.61 Å². The predicted molar refractivity (Wildman–Crippen MR) is 77.6 cm³/mol. The minimum Gasteiger partial charge on any atom is -0.422 e. The number of hydrogen-bond acceptors (Lipinski definition) is 5. The normalized spacial score (nSPS) is 16.2. The van der Waals surface area contributed by atoms with Crippen LogP contribution in [0, 0.1) is 0 Å². The fourth-order valence-electron chi connectivity index (χ4n) is 1.65. The third kappa shape index (κ3) is 6.01. The van der Waals surface area contributed by atoms with Crippen LogP contribution in [-0.2, 0) is 16.1 Å². The first-order valence-corrected chi connectivity index (χ1v) is 7.12. The van der Waals surface area contributed by atoms with Crippen LogP contribution in [-0.4, -0.2) is 27.5 Å². The predicted octanol–water partition coefficient (Wildman–Crippen LogP) is 3.69. The number of nitrogens with zero attached hydrogens (tertiary/aromatic N) is 2. The summed E-state index contributed by atoms with van der Waals surface area (Å²) in [6, 6.07) is 0. The van der Waals surface area contributed by atoms with Crippen LogP contribution in [0.15, 0.2) is 4.42 Å². The number of rotatable bonds is 5. The fourth-order valence-corrected chi connectivity index (χ4v) is 1.65. The zero-order valence-corrected chi connectivity index (χ0v) is 14.0. The molecule has 0 amide bonds. The molecule has 0 N–H and O–H groups in total. The largest absolute Gasteiger partial charge is 0.422 e. The minimum absolute atomic E-state index is 0.00633. The zero-order valence-electron chi connectivity index (χ0n) is 14.0. The summed E-state index contributed by atoms with van der Waals surface area (Å²) in [5.41, 5.74) is -0.408. The van der Waals surface area contributed by atoms with Gasteiger partial charge in [0, 0.05) is 0 Å². The summed E-state index contributed by atoms with van der Waals surface area (Å²) < 4.78 is 17.2. The Labute approximate surface area is 122 Å². The van der Waals surface area contributed by atoms with Crippen LogP contribution in [0.3, 0.4) is 0 Å². The Balaban J connectivity index is 2.62. The summed E-state index contributed by atoms with van der Waals surface area (Å²) >= 11 is 0. The van der Waals surface area contributed by atoms with Crippen molar-refractivity contribution >= 4 is 0 Å². The van der Waals surface area contributed by atoms with Crippen molar-refractivity contribution in [3.8, 4) is 0 Å². The molecular formula is C15H28N2O3. The second-order valence-corrected chi connectivity index (χ2v) is 7.16. The lowest BCUT2D eigenvalue weighted by molar-refractivity contribution is -0.0636.